The summed E-state index contributed by atoms with van der Waals surface area (Å²) in [7, 11) is 0. The van der Waals surface area contributed by atoms with Gasteiger partial charge in [-0.1, -0.05) is 23.8 Å². The van der Waals surface area contributed by atoms with Crippen LogP contribution in [0.4, 0.5) is 0 Å². The van der Waals surface area contributed by atoms with E-state index in [1.165, 1.54) is 5.56 Å². The molecule has 0 aromatic heterocycles. The number of benzene rings is 1. The third-order valence-electron chi connectivity index (χ3n) is 3.55. The summed E-state index contributed by atoms with van der Waals surface area (Å²) in [4.78, 5) is 0. The number of hydrogen-bond donors (Lipinski definition) is 1. The van der Waals surface area contributed by atoms with Gasteiger partial charge in [0.05, 0.1) is 5.60 Å². The van der Waals surface area contributed by atoms with E-state index in [-0.39, 0.29) is 0 Å². The fraction of sp³-hybridized carbons (Fsp3) is 0.571. The maximum atomic E-state index is 10.4. The Morgan fingerprint density at radius 2 is 2.12 bits per heavy atom. The first-order chi connectivity index (χ1) is 7.53. The molecule has 2 unspecified atom stereocenters. The Kier molecular flexibility index (Phi) is 3.04. The molecular weight excluding hydrogens is 200 g/mol. The highest BCUT2D eigenvalue weighted by molar-refractivity contribution is 5.33. The number of ether oxygens (including phenoxy) is 1. The van der Waals surface area contributed by atoms with Gasteiger partial charge in [-0.15, -0.1) is 0 Å². The zero-order valence-electron chi connectivity index (χ0n) is 10.3. The Morgan fingerprint density at radius 1 is 1.38 bits per heavy atom. The van der Waals surface area contributed by atoms with Gasteiger partial charge in [0.1, 0.15) is 6.10 Å². The molecule has 1 heterocycles. The maximum Gasteiger partial charge on any atom is 0.108 e. The van der Waals surface area contributed by atoms with Crippen LogP contribution in [0.15, 0.2) is 18.2 Å². The molecule has 1 aromatic rings. The minimum Gasteiger partial charge on any atom is -0.385 e. The van der Waals surface area contributed by atoms with Crippen molar-refractivity contribution in [1.29, 1.82) is 0 Å². The molecule has 1 N–H and O–H groups in total. The highest BCUT2D eigenvalue weighted by atomic mass is 16.5. The first-order valence-corrected chi connectivity index (χ1v) is 5.92. The highest BCUT2D eigenvalue weighted by Crippen LogP contribution is 2.38. The van der Waals surface area contributed by atoms with Crippen LogP contribution < -0.4 is 0 Å². The molecular formula is C14H20O2. The van der Waals surface area contributed by atoms with Gasteiger partial charge in [-0.05, 0) is 44.7 Å². The molecule has 0 radical (unpaired) electrons. The van der Waals surface area contributed by atoms with Gasteiger partial charge in [-0.25, -0.2) is 0 Å². The van der Waals surface area contributed by atoms with Crippen LogP contribution in [0.1, 0.15) is 42.6 Å². The molecule has 88 valence electrons. The molecule has 2 rings (SSSR count). The third-order valence-corrected chi connectivity index (χ3v) is 3.55. The number of hydrogen-bond acceptors (Lipinski definition) is 2. The number of aliphatic hydroxyl groups excluding tert-OH is 1. The number of aryl methyl sites for hydroxylation is 2. The number of rotatable bonds is 2. The summed E-state index contributed by atoms with van der Waals surface area (Å²) in [5, 5.41) is 10.4. The highest BCUT2D eigenvalue weighted by Gasteiger charge is 2.38. The van der Waals surface area contributed by atoms with E-state index < -0.39 is 11.7 Å². The van der Waals surface area contributed by atoms with Gasteiger partial charge < -0.3 is 9.84 Å². The summed E-state index contributed by atoms with van der Waals surface area (Å²) < 4.78 is 5.69. The summed E-state index contributed by atoms with van der Waals surface area (Å²) in [6.45, 7) is 6.88. The predicted octanol–water partition coefficient (Wildman–Crippen LogP) is 2.91. The van der Waals surface area contributed by atoms with Crippen molar-refractivity contribution in [3.63, 3.8) is 0 Å². The largest absolute Gasteiger partial charge is 0.385 e. The third kappa shape index (κ3) is 2.00. The topological polar surface area (TPSA) is 29.5 Å². The van der Waals surface area contributed by atoms with E-state index in [4.69, 9.17) is 4.74 Å². The molecule has 16 heavy (non-hydrogen) atoms. The van der Waals surface area contributed by atoms with Crippen molar-refractivity contribution in [1.82, 2.24) is 0 Å². The van der Waals surface area contributed by atoms with Crippen molar-refractivity contribution in [3.8, 4) is 0 Å². The summed E-state index contributed by atoms with van der Waals surface area (Å²) in [5.41, 5.74) is 2.96. The van der Waals surface area contributed by atoms with Crippen molar-refractivity contribution in [2.24, 2.45) is 0 Å². The molecule has 1 aliphatic heterocycles. The van der Waals surface area contributed by atoms with Gasteiger partial charge in [0.2, 0.25) is 0 Å². The lowest BCUT2D eigenvalue weighted by molar-refractivity contribution is -0.0798. The molecule has 1 aromatic carbocycles. The molecule has 1 aliphatic rings. The second kappa shape index (κ2) is 4.19. The molecule has 0 saturated carbocycles. The van der Waals surface area contributed by atoms with Crippen LogP contribution >= 0.6 is 0 Å². The first kappa shape index (κ1) is 11.6. The minimum atomic E-state index is -0.518. The smallest absolute Gasteiger partial charge is 0.108 e. The van der Waals surface area contributed by atoms with Crippen LogP contribution in [0.25, 0.3) is 0 Å². The lowest BCUT2D eigenvalue weighted by Gasteiger charge is -2.30. The average Bonchev–Trinajstić information content (AvgIpc) is 2.66. The normalized spacial score (nSPS) is 27.0. The van der Waals surface area contributed by atoms with Crippen LogP contribution in [-0.4, -0.2) is 17.3 Å². The number of aliphatic hydroxyl groups is 1. The van der Waals surface area contributed by atoms with Crippen molar-refractivity contribution in [3.05, 3.63) is 34.9 Å². The van der Waals surface area contributed by atoms with E-state index in [2.05, 4.69) is 13.0 Å². The molecule has 0 bridgehead atoms. The summed E-state index contributed by atoms with van der Waals surface area (Å²) >= 11 is 0. The van der Waals surface area contributed by atoms with E-state index >= 15 is 0 Å². The van der Waals surface area contributed by atoms with Crippen LogP contribution in [0, 0.1) is 13.8 Å². The molecule has 2 nitrogen and oxygen atoms in total. The zero-order valence-corrected chi connectivity index (χ0v) is 10.3. The Labute approximate surface area is 97.3 Å². The molecule has 2 heteroatoms. The van der Waals surface area contributed by atoms with Crippen molar-refractivity contribution >= 4 is 0 Å². The molecule has 0 amide bonds. The molecule has 1 fully saturated rings. The summed E-state index contributed by atoms with van der Waals surface area (Å²) in [6.07, 6.45) is 1.45. The zero-order chi connectivity index (χ0) is 11.8. The lowest BCUT2D eigenvalue weighted by Crippen LogP contribution is -2.32. The van der Waals surface area contributed by atoms with E-state index in [1.807, 2.05) is 26.0 Å². The Bertz CT molecular complexity index is 378. The monoisotopic (exact) mass is 220 g/mol. The Balaban J connectivity index is 2.29. The Morgan fingerprint density at radius 3 is 2.69 bits per heavy atom. The fourth-order valence-electron chi connectivity index (χ4n) is 2.48. The standard InChI is InChI=1S/C14H20O2/c1-10-5-6-12(11(2)9-10)13(15)14(3)7-4-8-16-14/h5-6,9,13,15H,4,7-8H2,1-3H3. The van der Waals surface area contributed by atoms with Gasteiger partial charge in [0.15, 0.2) is 0 Å². The van der Waals surface area contributed by atoms with Gasteiger partial charge in [-0.2, -0.15) is 0 Å². The minimum absolute atomic E-state index is 0.403. The van der Waals surface area contributed by atoms with Crippen LogP contribution in [0.5, 0.6) is 0 Å². The van der Waals surface area contributed by atoms with Gasteiger partial charge in [0, 0.05) is 6.61 Å². The van der Waals surface area contributed by atoms with E-state index in [9.17, 15) is 5.11 Å². The SMILES string of the molecule is Cc1ccc(C(O)C2(C)CCCO2)c(C)c1. The van der Waals surface area contributed by atoms with Gasteiger partial charge in [-0.3, -0.25) is 0 Å². The molecule has 0 aliphatic carbocycles. The van der Waals surface area contributed by atoms with E-state index in [0.717, 1.165) is 30.6 Å². The fourth-order valence-corrected chi connectivity index (χ4v) is 2.48. The van der Waals surface area contributed by atoms with Crippen LogP contribution in [0.3, 0.4) is 0 Å². The lowest BCUT2D eigenvalue weighted by atomic mass is 9.88. The summed E-state index contributed by atoms with van der Waals surface area (Å²) in [6, 6.07) is 6.17. The van der Waals surface area contributed by atoms with Crippen molar-refractivity contribution in [2.45, 2.75) is 45.3 Å². The second-order valence-electron chi connectivity index (χ2n) is 5.03. The molecule has 0 spiro atoms. The van der Waals surface area contributed by atoms with E-state index in [1.54, 1.807) is 0 Å². The average molecular weight is 220 g/mol. The predicted molar refractivity (Wildman–Crippen MR) is 64.5 cm³/mol. The van der Waals surface area contributed by atoms with Crippen LogP contribution in [0.2, 0.25) is 0 Å². The molecule has 1 saturated heterocycles. The van der Waals surface area contributed by atoms with E-state index in [0.29, 0.717) is 0 Å². The van der Waals surface area contributed by atoms with Gasteiger partial charge in [0.25, 0.3) is 0 Å². The second-order valence-corrected chi connectivity index (χ2v) is 5.03. The van der Waals surface area contributed by atoms with Crippen molar-refractivity contribution in [2.75, 3.05) is 6.61 Å². The maximum absolute atomic E-state index is 10.4. The Hall–Kier alpha value is -0.860. The quantitative estimate of drug-likeness (QED) is 0.830. The van der Waals surface area contributed by atoms with Crippen LogP contribution in [-0.2, 0) is 4.74 Å². The first-order valence-electron chi connectivity index (χ1n) is 5.92. The van der Waals surface area contributed by atoms with Gasteiger partial charge >= 0.3 is 0 Å². The summed E-state index contributed by atoms with van der Waals surface area (Å²) in [5.74, 6) is 0. The van der Waals surface area contributed by atoms with Crippen molar-refractivity contribution < 1.29 is 9.84 Å². The molecule has 2 atom stereocenters.